The molecule has 2 aliphatic rings. The third kappa shape index (κ3) is 1.99. The van der Waals surface area contributed by atoms with E-state index >= 15 is 0 Å². The zero-order valence-electron chi connectivity index (χ0n) is 13.5. The summed E-state index contributed by atoms with van der Waals surface area (Å²) >= 11 is 0. The van der Waals surface area contributed by atoms with Crippen LogP contribution in [-0.4, -0.2) is 62.1 Å². The number of aryl methyl sites for hydroxylation is 1. The summed E-state index contributed by atoms with van der Waals surface area (Å²) in [7, 11) is 0. The van der Waals surface area contributed by atoms with E-state index in [1.165, 1.54) is 25.5 Å². The standard InChI is InChI=1S/C16H18FN7/c1-10-7-12-14(8-13(10)17)18-16(24-15(12)19-20-21-24)23-6-5-22-4-2-3-11(22)9-23/h7-8,11H,2-6,9H2,1H3. The van der Waals surface area contributed by atoms with Gasteiger partial charge in [0.2, 0.25) is 5.95 Å². The van der Waals surface area contributed by atoms with E-state index in [0.717, 1.165) is 25.0 Å². The van der Waals surface area contributed by atoms with Crippen molar-refractivity contribution in [1.29, 1.82) is 0 Å². The minimum atomic E-state index is -0.251. The molecule has 3 aromatic rings. The van der Waals surface area contributed by atoms with Gasteiger partial charge in [-0.05, 0) is 48.4 Å². The minimum absolute atomic E-state index is 0.251. The lowest BCUT2D eigenvalue weighted by Crippen LogP contribution is -2.51. The van der Waals surface area contributed by atoms with Crippen LogP contribution in [0.15, 0.2) is 12.1 Å². The highest BCUT2D eigenvalue weighted by Gasteiger charge is 2.32. The fourth-order valence-electron chi connectivity index (χ4n) is 3.96. The number of aromatic nitrogens is 5. The smallest absolute Gasteiger partial charge is 0.230 e. The summed E-state index contributed by atoms with van der Waals surface area (Å²) in [6, 6.07) is 3.81. The van der Waals surface area contributed by atoms with Gasteiger partial charge in [-0.3, -0.25) is 4.90 Å². The number of nitrogens with zero attached hydrogens (tertiary/aromatic N) is 7. The first-order valence-corrected chi connectivity index (χ1v) is 8.37. The Labute approximate surface area is 138 Å². The predicted molar refractivity (Wildman–Crippen MR) is 87.6 cm³/mol. The number of halogens is 1. The van der Waals surface area contributed by atoms with Crippen LogP contribution < -0.4 is 4.90 Å². The highest BCUT2D eigenvalue weighted by molar-refractivity contribution is 5.92. The highest BCUT2D eigenvalue weighted by Crippen LogP contribution is 2.28. The monoisotopic (exact) mass is 327 g/mol. The molecule has 24 heavy (non-hydrogen) atoms. The van der Waals surface area contributed by atoms with Gasteiger partial charge in [-0.15, -0.1) is 5.10 Å². The molecular formula is C16H18FN7. The number of fused-ring (bicyclic) bond motifs is 4. The van der Waals surface area contributed by atoms with Crippen molar-refractivity contribution in [3.8, 4) is 0 Å². The van der Waals surface area contributed by atoms with Crippen LogP contribution in [0.4, 0.5) is 10.3 Å². The zero-order chi connectivity index (χ0) is 16.3. The van der Waals surface area contributed by atoms with Crippen LogP contribution >= 0.6 is 0 Å². The van der Waals surface area contributed by atoms with Crippen LogP contribution in [0.3, 0.4) is 0 Å². The van der Waals surface area contributed by atoms with Gasteiger partial charge >= 0.3 is 0 Å². The van der Waals surface area contributed by atoms with Gasteiger partial charge in [0.15, 0.2) is 5.65 Å². The third-order valence-corrected chi connectivity index (χ3v) is 5.27. The molecule has 1 aromatic carbocycles. The van der Waals surface area contributed by atoms with Crippen molar-refractivity contribution in [2.75, 3.05) is 31.1 Å². The van der Waals surface area contributed by atoms with Gasteiger partial charge in [0.1, 0.15) is 5.82 Å². The molecule has 2 aliphatic heterocycles. The first-order valence-electron chi connectivity index (χ1n) is 8.37. The van der Waals surface area contributed by atoms with Crippen molar-refractivity contribution < 1.29 is 4.39 Å². The average molecular weight is 327 g/mol. The first-order chi connectivity index (χ1) is 11.7. The van der Waals surface area contributed by atoms with E-state index < -0.39 is 0 Å². The molecule has 2 aromatic heterocycles. The Morgan fingerprint density at radius 3 is 3.04 bits per heavy atom. The third-order valence-electron chi connectivity index (χ3n) is 5.27. The summed E-state index contributed by atoms with van der Waals surface area (Å²) in [5.74, 6) is 0.454. The Morgan fingerprint density at radius 1 is 1.21 bits per heavy atom. The fourth-order valence-corrected chi connectivity index (χ4v) is 3.96. The van der Waals surface area contributed by atoms with E-state index in [0.29, 0.717) is 28.7 Å². The van der Waals surface area contributed by atoms with Gasteiger partial charge in [0.25, 0.3) is 0 Å². The maximum Gasteiger partial charge on any atom is 0.230 e. The number of rotatable bonds is 1. The summed E-state index contributed by atoms with van der Waals surface area (Å²) in [4.78, 5) is 9.47. The number of tetrazole rings is 1. The van der Waals surface area contributed by atoms with Gasteiger partial charge in [0, 0.05) is 37.1 Å². The summed E-state index contributed by atoms with van der Waals surface area (Å²) in [5, 5.41) is 12.9. The number of hydrogen-bond donors (Lipinski definition) is 0. The molecule has 0 saturated carbocycles. The average Bonchev–Trinajstić information content (AvgIpc) is 3.23. The van der Waals surface area contributed by atoms with Crippen molar-refractivity contribution in [3.05, 3.63) is 23.5 Å². The molecule has 0 amide bonds. The van der Waals surface area contributed by atoms with Crippen LogP contribution in [0.25, 0.3) is 16.6 Å². The van der Waals surface area contributed by atoms with E-state index in [4.69, 9.17) is 4.98 Å². The van der Waals surface area contributed by atoms with Gasteiger partial charge in [-0.25, -0.2) is 9.37 Å². The summed E-state index contributed by atoms with van der Waals surface area (Å²) in [6.07, 6.45) is 2.48. The molecule has 1 atom stereocenters. The molecule has 0 bridgehead atoms. The number of piperazine rings is 1. The van der Waals surface area contributed by atoms with Crippen LogP contribution in [0.2, 0.25) is 0 Å². The SMILES string of the molecule is Cc1cc2c(cc1F)nc(N1CCN3CCCC3C1)n1nnnc21. The lowest BCUT2D eigenvalue weighted by atomic mass is 10.1. The van der Waals surface area contributed by atoms with E-state index in [2.05, 4.69) is 25.3 Å². The molecule has 0 spiro atoms. The van der Waals surface area contributed by atoms with Crippen LogP contribution in [0.5, 0.6) is 0 Å². The van der Waals surface area contributed by atoms with Crippen molar-refractivity contribution in [2.24, 2.45) is 0 Å². The summed E-state index contributed by atoms with van der Waals surface area (Å²) in [6.45, 7) is 5.76. The summed E-state index contributed by atoms with van der Waals surface area (Å²) < 4.78 is 15.7. The molecule has 2 fully saturated rings. The Hall–Kier alpha value is -2.35. The van der Waals surface area contributed by atoms with Crippen molar-refractivity contribution in [3.63, 3.8) is 0 Å². The van der Waals surface area contributed by atoms with Gasteiger partial charge in [-0.1, -0.05) is 0 Å². The Kier molecular flexibility index (Phi) is 2.97. The lowest BCUT2D eigenvalue weighted by molar-refractivity contribution is 0.229. The van der Waals surface area contributed by atoms with Crippen molar-refractivity contribution in [1.82, 2.24) is 29.9 Å². The first kappa shape index (κ1) is 14.0. The Balaban J connectivity index is 1.67. The molecule has 8 heteroatoms. The van der Waals surface area contributed by atoms with Crippen molar-refractivity contribution >= 4 is 22.5 Å². The summed E-state index contributed by atoms with van der Waals surface area (Å²) in [5.41, 5.74) is 1.80. The highest BCUT2D eigenvalue weighted by atomic mass is 19.1. The van der Waals surface area contributed by atoms with E-state index in [9.17, 15) is 4.39 Å². The number of anilines is 1. The number of hydrogen-bond acceptors (Lipinski definition) is 6. The normalized spacial score (nSPS) is 21.8. The maximum absolute atomic E-state index is 14.0. The minimum Gasteiger partial charge on any atom is -0.338 e. The largest absolute Gasteiger partial charge is 0.338 e. The van der Waals surface area contributed by atoms with Gasteiger partial charge in [0.05, 0.1) is 5.52 Å². The molecule has 2 saturated heterocycles. The molecule has 4 heterocycles. The molecule has 0 radical (unpaired) electrons. The molecule has 0 N–H and O–H groups in total. The second kappa shape index (κ2) is 5.07. The molecule has 1 unspecified atom stereocenters. The van der Waals surface area contributed by atoms with Gasteiger partial charge < -0.3 is 4.90 Å². The maximum atomic E-state index is 14.0. The molecule has 0 aliphatic carbocycles. The Morgan fingerprint density at radius 2 is 2.12 bits per heavy atom. The second-order valence-corrected chi connectivity index (χ2v) is 6.72. The Bertz CT molecular complexity index is 937. The quantitative estimate of drug-likeness (QED) is 0.673. The van der Waals surface area contributed by atoms with E-state index in [1.54, 1.807) is 17.5 Å². The molecule has 7 nitrogen and oxygen atoms in total. The lowest BCUT2D eigenvalue weighted by Gasteiger charge is -2.37. The van der Waals surface area contributed by atoms with Crippen LogP contribution in [0.1, 0.15) is 18.4 Å². The zero-order valence-corrected chi connectivity index (χ0v) is 13.5. The van der Waals surface area contributed by atoms with Crippen LogP contribution in [-0.2, 0) is 0 Å². The topological polar surface area (TPSA) is 62.5 Å². The molecule has 124 valence electrons. The molecular weight excluding hydrogens is 309 g/mol. The fraction of sp³-hybridized carbons (Fsp3) is 0.500. The van der Waals surface area contributed by atoms with E-state index in [1.807, 2.05) is 0 Å². The van der Waals surface area contributed by atoms with Gasteiger partial charge in [-0.2, -0.15) is 4.52 Å². The van der Waals surface area contributed by atoms with Crippen molar-refractivity contribution in [2.45, 2.75) is 25.8 Å². The van der Waals surface area contributed by atoms with E-state index in [-0.39, 0.29) is 5.82 Å². The predicted octanol–water partition coefficient (Wildman–Crippen LogP) is 1.40. The van der Waals surface area contributed by atoms with Crippen LogP contribution in [0, 0.1) is 12.7 Å². The molecule has 5 rings (SSSR count). The number of benzene rings is 1. The second-order valence-electron chi connectivity index (χ2n) is 6.72.